The van der Waals surface area contributed by atoms with Crippen LogP contribution >= 0.6 is 0 Å². The standard InChI is InChI=1S/C42H42N6O4/c1-4-6-20-48(21-7-5-2)36-16-10-30(11-17-36)40-41(50)39(42(40)51)29-8-14-35(15-9-29)47(3)22-23-52-38(49)19-13-32-24-31(33(25-43)26-44)12-18-37(32)34(27-45)28-46/h8-12,14-18,24,39,50H,4-7,13,19-23H2,1-3H3/p-1. The zero-order chi connectivity index (χ0) is 37.6. The zero-order valence-corrected chi connectivity index (χ0v) is 29.8. The van der Waals surface area contributed by atoms with Gasteiger partial charge in [0.15, 0.2) is 5.78 Å². The minimum absolute atomic E-state index is 0.0452. The first kappa shape index (κ1) is 38.4. The van der Waals surface area contributed by atoms with Gasteiger partial charge in [0.2, 0.25) is 0 Å². The van der Waals surface area contributed by atoms with Crippen molar-refractivity contribution in [2.45, 2.75) is 58.3 Å². The maximum atomic E-state index is 13.2. The number of nitrogens with zero attached hydrogens (tertiary/aromatic N) is 6. The number of unbranched alkanes of at least 4 members (excludes halogenated alkanes) is 2. The van der Waals surface area contributed by atoms with E-state index in [0.29, 0.717) is 33.7 Å². The molecular weight excluding hydrogens is 652 g/mol. The molecule has 10 heteroatoms. The molecule has 0 spiro atoms. The first-order valence-corrected chi connectivity index (χ1v) is 17.5. The zero-order valence-electron chi connectivity index (χ0n) is 29.8. The van der Waals surface area contributed by atoms with E-state index in [0.717, 1.165) is 50.1 Å². The molecular formula is C42H41N6O4-. The first-order valence-electron chi connectivity index (χ1n) is 17.5. The average Bonchev–Trinajstić information content (AvgIpc) is 3.16. The second kappa shape index (κ2) is 18.6. The van der Waals surface area contributed by atoms with E-state index in [1.807, 2.05) is 72.6 Å². The summed E-state index contributed by atoms with van der Waals surface area (Å²) in [6.07, 6.45) is 4.53. The summed E-state index contributed by atoms with van der Waals surface area (Å²) in [7, 11) is 1.83. The summed E-state index contributed by atoms with van der Waals surface area (Å²) >= 11 is 0. The Bertz CT molecular complexity index is 2070. The Kier molecular flexibility index (Phi) is 13.7. The third kappa shape index (κ3) is 9.05. The molecule has 3 aromatic rings. The lowest BCUT2D eigenvalue weighted by Gasteiger charge is -2.37. The number of esters is 1. The predicted molar refractivity (Wildman–Crippen MR) is 197 cm³/mol. The number of rotatable bonds is 16. The molecule has 264 valence electrons. The summed E-state index contributed by atoms with van der Waals surface area (Å²) in [5, 5.41) is 51.1. The average molecular weight is 694 g/mol. The van der Waals surface area contributed by atoms with Crippen molar-refractivity contribution in [3.63, 3.8) is 0 Å². The number of ether oxygens (including phenoxy) is 1. The second-order valence-corrected chi connectivity index (χ2v) is 12.6. The number of benzene rings is 3. The van der Waals surface area contributed by atoms with Crippen LogP contribution in [0.15, 0.2) is 72.5 Å². The first-order chi connectivity index (χ1) is 25.2. The number of anilines is 2. The lowest BCUT2D eigenvalue weighted by atomic mass is 9.75. The summed E-state index contributed by atoms with van der Waals surface area (Å²) in [4.78, 5) is 30.1. The molecule has 4 rings (SSSR count). The van der Waals surface area contributed by atoms with Crippen molar-refractivity contribution in [3.8, 4) is 24.3 Å². The van der Waals surface area contributed by atoms with Crippen LogP contribution in [0.25, 0.3) is 16.7 Å². The van der Waals surface area contributed by atoms with Crippen LogP contribution in [0.3, 0.4) is 0 Å². The van der Waals surface area contributed by atoms with Crippen molar-refractivity contribution < 1.29 is 19.4 Å². The number of allylic oxidation sites excluding steroid dienone is 2. The molecule has 0 radical (unpaired) electrons. The molecule has 3 aromatic carbocycles. The third-order valence-corrected chi connectivity index (χ3v) is 9.17. The van der Waals surface area contributed by atoms with Crippen molar-refractivity contribution in [2.24, 2.45) is 0 Å². The van der Waals surface area contributed by atoms with E-state index < -0.39 is 11.9 Å². The van der Waals surface area contributed by atoms with E-state index in [1.165, 1.54) is 18.2 Å². The van der Waals surface area contributed by atoms with Crippen LogP contribution in [0.1, 0.15) is 68.6 Å². The summed E-state index contributed by atoms with van der Waals surface area (Å²) < 4.78 is 5.43. The van der Waals surface area contributed by atoms with Gasteiger partial charge < -0.3 is 19.6 Å². The molecule has 0 heterocycles. The fourth-order valence-corrected chi connectivity index (χ4v) is 6.10. The molecule has 1 unspecified atom stereocenters. The van der Waals surface area contributed by atoms with Gasteiger partial charge in [-0.1, -0.05) is 63.1 Å². The van der Waals surface area contributed by atoms with Crippen LogP contribution < -0.4 is 25.3 Å². The number of hydrogen-bond donors (Lipinski definition) is 0. The van der Waals surface area contributed by atoms with E-state index in [2.05, 4.69) is 18.7 Å². The maximum Gasteiger partial charge on any atom is 0.306 e. The largest absolute Gasteiger partial charge is 0.874 e. The van der Waals surface area contributed by atoms with Gasteiger partial charge in [-0.15, -0.1) is 5.76 Å². The fourth-order valence-electron chi connectivity index (χ4n) is 6.10. The smallest absolute Gasteiger partial charge is 0.306 e. The van der Waals surface area contributed by atoms with Crippen molar-refractivity contribution >= 4 is 39.8 Å². The highest BCUT2D eigenvalue weighted by molar-refractivity contribution is 6.31. The third-order valence-electron chi connectivity index (χ3n) is 9.17. The summed E-state index contributed by atoms with van der Waals surface area (Å²) in [5.41, 5.74) is 3.67. The van der Waals surface area contributed by atoms with Crippen LogP contribution in [0, 0.1) is 45.3 Å². The van der Waals surface area contributed by atoms with Crippen LogP contribution in [0.2, 0.25) is 0 Å². The van der Waals surface area contributed by atoms with Crippen LogP contribution in [0.4, 0.5) is 11.4 Å². The van der Waals surface area contributed by atoms with Gasteiger partial charge in [-0.3, -0.25) is 9.59 Å². The van der Waals surface area contributed by atoms with Gasteiger partial charge >= 0.3 is 5.97 Å². The molecule has 1 aliphatic rings. The molecule has 0 saturated carbocycles. The Labute approximate surface area is 305 Å². The van der Waals surface area contributed by atoms with Crippen molar-refractivity contribution in [1.29, 1.82) is 21.0 Å². The fraction of sp³-hybridized carbons (Fsp3) is 0.333. The highest BCUT2D eigenvalue weighted by Crippen LogP contribution is 2.42. The lowest BCUT2D eigenvalue weighted by molar-refractivity contribution is -0.310. The Hall–Kier alpha value is -6.36. The van der Waals surface area contributed by atoms with Crippen molar-refractivity contribution in [3.05, 3.63) is 99.6 Å². The van der Waals surface area contributed by atoms with E-state index >= 15 is 0 Å². The topological polar surface area (TPSA) is 168 Å². The van der Waals surface area contributed by atoms with Gasteiger partial charge in [-0.05, 0) is 66.3 Å². The predicted octanol–water partition coefficient (Wildman–Crippen LogP) is 4.54. The maximum absolute atomic E-state index is 13.2. The molecule has 0 fully saturated rings. The van der Waals surface area contributed by atoms with E-state index in [-0.39, 0.29) is 47.7 Å². The molecule has 10 nitrogen and oxygen atoms in total. The summed E-state index contributed by atoms with van der Waals surface area (Å²) in [6, 6.07) is 26.8. The minimum Gasteiger partial charge on any atom is -0.874 e. The molecule has 0 N–H and O–H groups in total. The van der Waals surface area contributed by atoms with Crippen molar-refractivity contribution in [2.75, 3.05) is 43.1 Å². The molecule has 52 heavy (non-hydrogen) atoms. The molecule has 0 aromatic heterocycles. The highest BCUT2D eigenvalue weighted by atomic mass is 16.5. The second-order valence-electron chi connectivity index (χ2n) is 12.6. The molecule has 0 aliphatic heterocycles. The van der Waals surface area contributed by atoms with E-state index in [4.69, 9.17) is 4.74 Å². The lowest BCUT2D eigenvalue weighted by Crippen LogP contribution is -2.35. The molecule has 0 bridgehead atoms. The van der Waals surface area contributed by atoms with E-state index in [9.17, 15) is 35.7 Å². The Morgan fingerprint density at radius 2 is 1.40 bits per heavy atom. The number of aryl methyl sites for hydroxylation is 1. The quantitative estimate of drug-likeness (QED) is 0.194. The van der Waals surface area contributed by atoms with Gasteiger partial charge in [-0.2, -0.15) is 21.0 Å². The van der Waals surface area contributed by atoms with Crippen LogP contribution in [0.5, 0.6) is 0 Å². The number of carbonyl (C=O) groups excluding carboxylic acids is 2. The van der Waals surface area contributed by atoms with Crippen LogP contribution in [-0.2, 0) is 20.7 Å². The van der Waals surface area contributed by atoms with Gasteiger partial charge in [0, 0.05) is 53.9 Å². The van der Waals surface area contributed by atoms with E-state index in [1.54, 1.807) is 12.1 Å². The molecule has 1 atom stereocenters. The van der Waals surface area contributed by atoms with Crippen molar-refractivity contribution in [1.82, 2.24) is 0 Å². The monoisotopic (exact) mass is 693 g/mol. The Morgan fingerprint density at radius 1 is 0.808 bits per heavy atom. The Morgan fingerprint density at radius 3 is 1.96 bits per heavy atom. The molecule has 0 amide bonds. The number of hydrogen-bond acceptors (Lipinski definition) is 10. The minimum atomic E-state index is -0.818. The van der Waals surface area contributed by atoms with Crippen LogP contribution in [-0.4, -0.2) is 45.0 Å². The summed E-state index contributed by atoms with van der Waals surface area (Å²) in [5.74, 6) is -1.67. The number of nitriles is 4. The number of ketones is 1. The normalized spacial score (nSPS) is 13.1. The van der Waals surface area contributed by atoms with Gasteiger partial charge in [0.1, 0.15) is 42.0 Å². The Balaban J connectivity index is 1.34. The molecule has 0 saturated heterocycles. The van der Waals surface area contributed by atoms with Gasteiger partial charge in [-0.25, -0.2) is 0 Å². The van der Waals surface area contributed by atoms with Gasteiger partial charge in [0.05, 0.1) is 12.5 Å². The summed E-state index contributed by atoms with van der Waals surface area (Å²) in [6.45, 7) is 6.77. The van der Waals surface area contributed by atoms with Gasteiger partial charge in [0.25, 0.3) is 0 Å². The number of likely N-dealkylation sites (N-methyl/N-ethyl adjacent to an activating group) is 1. The highest BCUT2D eigenvalue weighted by Gasteiger charge is 2.35. The number of carbonyl (C=O) groups is 2. The number of Topliss-reactive ketones (excluding diaryl/α,β-unsaturated/α-hetero) is 1. The SMILES string of the molecule is CCCCN(CCCC)c1ccc(C2=C([O-])C(c3ccc(N(C)CCOC(=O)CCc4cc(=C(C#N)C#N)ccc4=C(C#N)C#N)cc3)C2=O)cc1. The molecule has 1 aliphatic carbocycles.